The molecule has 7 heteroatoms. The van der Waals surface area contributed by atoms with Crippen molar-refractivity contribution in [3.05, 3.63) is 53.8 Å². The van der Waals surface area contributed by atoms with Crippen LogP contribution in [0, 0.1) is 18.7 Å². The highest BCUT2D eigenvalue weighted by molar-refractivity contribution is 7.89. The molecule has 0 radical (unpaired) electrons. The SMILES string of the molecule is COc1ccc(C)cc1S(=O)(=O)N1CCC(COc2ccccc2F)CC1. The molecule has 5 nitrogen and oxygen atoms in total. The van der Waals surface area contributed by atoms with Crippen molar-refractivity contribution in [1.29, 1.82) is 0 Å². The van der Waals surface area contributed by atoms with Gasteiger partial charge in [0, 0.05) is 13.1 Å². The van der Waals surface area contributed by atoms with Gasteiger partial charge in [-0.3, -0.25) is 0 Å². The fraction of sp³-hybridized carbons (Fsp3) is 0.400. The van der Waals surface area contributed by atoms with Gasteiger partial charge in [-0.15, -0.1) is 0 Å². The Bertz CT molecular complexity index is 893. The number of sulfonamides is 1. The highest BCUT2D eigenvalue weighted by Crippen LogP contribution is 2.30. The molecule has 1 saturated heterocycles. The molecule has 1 fully saturated rings. The average molecular weight is 393 g/mol. The molecule has 0 N–H and O–H groups in total. The smallest absolute Gasteiger partial charge is 0.246 e. The maximum absolute atomic E-state index is 13.6. The predicted octanol–water partition coefficient (Wildman–Crippen LogP) is 3.62. The summed E-state index contributed by atoms with van der Waals surface area (Å²) in [5.41, 5.74) is 0.863. The van der Waals surface area contributed by atoms with Crippen LogP contribution in [0.1, 0.15) is 18.4 Å². The first-order valence-electron chi connectivity index (χ1n) is 8.94. The van der Waals surface area contributed by atoms with E-state index in [1.807, 2.05) is 13.0 Å². The fourth-order valence-electron chi connectivity index (χ4n) is 3.21. The lowest BCUT2D eigenvalue weighted by molar-refractivity contribution is 0.180. The predicted molar refractivity (Wildman–Crippen MR) is 101 cm³/mol. The Balaban J connectivity index is 1.63. The molecule has 0 aliphatic carbocycles. The monoisotopic (exact) mass is 393 g/mol. The summed E-state index contributed by atoms with van der Waals surface area (Å²) in [6.07, 6.45) is 1.34. The molecule has 1 aliphatic heterocycles. The summed E-state index contributed by atoms with van der Waals surface area (Å²) >= 11 is 0. The normalized spacial score (nSPS) is 16.3. The molecule has 3 rings (SSSR count). The number of nitrogens with zero attached hydrogens (tertiary/aromatic N) is 1. The first-order chi connectivity index (χ1) is 12.9. The van der Waals surface area contributed by atoms with E-state index in [1.54, 1.807) is 30.3 Å². The van der Waals surface area contributed by atoms with Gasteiger partial charge in [-0.2, -0.15) is 4.31 Å². The Hall–Kier alpha value is -2.12. The van der Waals surface area contributed by atoms with Crippen LogP contribution in [0.4, 0.5) is 4.39 Å². The first-order valence-corrected chi connectivity index (χ1v) is 10.4. The van der Waals surface area contributed by atoms with Gasteiger partial charge in [0.1, 0.15) is 10.6 Å². The van der Waals surface area contributed by atoms with Gasteiger partial charge in [0.05, 0.1) is 13.7 Å². The van der Waals surface area contributed by atoms with Crippen LogP contribution in [0.2, 0.25) is 0 Å². The van der Waals surface area contributed by atoms with Crippen LogP contribution in [0.3, 0.4) is 0 Å². The number of para-hydroxylation sites is 1. The zero-order chi connectivity index (χ0) is 19.4. The van der Waals surface area contributed by atoms with E-state index < -0.39 is 10.0 Å². The van der Waals surface area contributed by atoms with E-state index >= 15 is 0 Å². The summed E-state index contributed by atoms with van der Waals surface area (Å²) < 4.78 is 52.0. The Morgan fingerprint density at radius 2 is 1.81 bits per heavy atom. The van der Waals surface area contributed by atoms with E-state index in [0.717, 1.165) is 5.56 Å². The third kappa shape index (κ3) is 4.42. The Labute approximate surface area is 159 Å². The number of hydrogen-bond acceptors (Lipinski definition) is 4. The zero-order valence-electron chi connectivity index (χ0n) is 15.5. The lowest BCUT2D eigenvalue weighted by Gasteiger charge is -2.31. The van der Waals surface area contributed by atoms with Gasteiger partial charge in [0.2, 0.25) is 10.0 Å². The molecule has 2 aromatic carbocycles. The molecule has 0 bridgehead atoms. The van der Waals surface area contributed by atoms with E-state index in [2.05, 4.69) is 0 Å². The summed E-state index contributed by atoms with van der Waals surface area (Å²) in [6.45, 7) is 3.04. The van der Waals surface area contributed by atoms with Gasteiger partial charge in [0.15, 0.2) is 11.6 Å². The number of halogens is 1. The fourth-order valence-corrected chi connectivity index (χ4v) is 4.92. The maximum atomic E-state index is 13.6. The molecule has 0 amide bonds. The van der Waals surface area contributed by atoms with Crippen LogP contribution in [0.25, 0.3) is 0 Å². The standard InChI is InChI=1S/C20H24FNO4S/c1-15-7-8-19(25-2)20(13-15)27(23,24)22-11-9-16(10-12-22)14-26-18-6-4-3-5-17(18)21/h3-8,13,16H,9-12,14H2,1-2H3. The van der Waals surface area contributed by atoms with Gasteiger partial charge in [-0.05, 0) is 55.5 Å². The van der Waals surface area contributed by atoms with Crippen molar-refractivity contribution in [2.45, 2.75) is 24.7 Å². The molecular weight excluding hydrogens is 369 g/mol. The number of aryl methyl sites for hydroxylation is 1. The quantitative estimate of drug-likeness (QED) is 0.752. The number of benzene rings is 2. The minimum Gasteiger partial charge on any atom is -0.495 e. The van der Waals surface area contributed by atoms with Gasteiger partial charge in [-0.1, -0.05) is 18.2 Å². The lowest BCUT2D eigenvalue weighted by Crippen LogP contribution is -2.39. The van der Waals surface area contributed by atoms with Crippen molar-refractivity contribution < 1.29 is 22.3 Å². The molecular formula is C20H24FNO4S. The Morgan fingerprint density at radius 1 is 1.11 bits per heavy atom. The summed E-state index contributed by atoms with van der Waals surface area (Å²) in [4.78, 5) is 0.200. The van der Waals surface area contributed by atoms with Crippen molar-refractivity contribution in [2.24, 2.45) is 5.92 Å². The van der Waals surface area contributed by atoms with E-state index in [1.165, 1.54) is 17.5 Å². The largest absolute Gasteiger partial charge is 0.495 e. The van der Waals surface area contributed by atoms with Crippen molar-refractivity contribution in [2.75, 3.05) is 26.8 Å². The van der Waals surface area contributed by atoms with E-state index in [0.29, 0.717) is 38.3 Å². The summed E-state index contributed by atoms with van der Waals surface area (Å²) in [7, 11) is -2.15. The molecule has 0 atom stereocenters. The van der Waals surface area contributed by atoms with E-state index in [9.17, 15) is 12.8 Å². The van der Waals surface area contributed by atoms with Crippen LogP contribution in [-0.4, -0.2) is 39.5 Å². The zero-order valence-corrected chi connectivity index (χ0v) is 16.3. The summed E-state index contributed by atoms with van der Waals surface area (Å²) in [5, 5.41) is 0. The van der Waals surface area contributed by atoms with E-state index in [4.69, 9.17) is 9.47 Å². The number of rotatable bonds is 6. The highest BCUT2D eigenvalue weighted by atomic mass is 32.2. The number of methoxy groups -OCH3 is 1. The molecule has 0 saturated carbocycles. The molecule has 0 aromatic heterocycles. The van der Waals surface area contributed by atoms with Crippen LogP contribution in [-0.2, 0) is 10.0 Å². The Kier molecular flexibility index (Phi) is 6.01. The summed E-state index contributed by atoms with van der Waals surface area (Å²) in [5.74, 6) is 0.391. The summed E-state index contributed by atoms with van der Waals surface area (Å²) in [6, 6.07) is 11.4. The third-order valence-electron chi connectivity index (χ3n) is 4.82. The number of hydrogen-bond donors (Lipinski definition) is 0. The molecule has 1 heterocycles. The third-order valence-corrected chi connectivity index (χ3v) is 6.74. The van der Waals surface area contributed by atoms with Crippen molar-refractivity contribution >= 4 is 10.0 Å². The second-order valence-corrected chi connectivity index (χ2v) is 8.65. The van der Waals surface area contributed by atoms with Gasteiger partial charge in [-0.25, -0.2) is 12.8 Å². The molecule has 2 aromatic rings. The van der Waals surface area contributed by atoms with E-state index in [-0.39, 0.29) is 22.4 Å². The van der Waals surface area contributed by atoms with Gasteiger partial charge >= 0.3 is 0 Å². The minimum atomic E-state index is -3.62. The van der Waals surface area contributed by atoms with Gasteiger partial charge in [0.25, 0.3) is 0 Å². The van der Waals surface area contributed by atoms with Crippen LogP contribution in [0.5, 0.6) is 11.5 Å². The average Bonchev–Trinajstić information content (AvgIpc) is 2.67. The lowest BCUT2D eigenvalue weighted by atomic mass is 9.99. The molecule has 0 spiro atoms. The van der Waals surface area contributed by atoms with Crippen LogP contribution < -0.4 is 9.47 Å². The topological polar surface area (TPSA) is 55.8 Å². The van der Waals surface area contributed by atoms with Crippen molar-refractivity contribution in [3.63, 3.8) is 0 Å². The van der Waals surface area contributed by atoms with Crippen LogP contribution in [0.15, 0.2) is 47.4 Å². The molecule has 146 valence electrons. The minimum absolute atomic E-state index is 0.190. The second-order valence-electron chi connectivity index (χ2n) is 6.74. The number of piperidine rings is 1. The second kappa shape index (κ2) is 8.27. The van der Waals surface area contributed by atoms with Crippen LogP contribution >= 0.6 is 0 Å². The van der Waals surface area contributed by atoms with Crippen molar-refractivity contribution in [3.8, 4) is 11.5 Å². The molecule has 27 heavy (non-hydrogen) atoms. The first kappa shape index (κ1) is 19.6. The molecule has 0 unspecified atom stereocenters. The molecule has 1 aliphatic rings. The van der Waals surface area contributed by atoms with Gasteiger partial charge < -0.3 is 9.47 Å². The highest BCUT2D eigenvalue weighted by Gasteiger charge is 2.31. The number of ether oxygens (including phenoxy) is 2. The Morgan fingerprint density at radius 3 is 2.48 bits per heavy atom. The maximum Gasteiger partial charge on any atom is 0.246 e. The van der Waals surface area contributed by atoms with Crippen molar-refractivity contribution in [1.82, 2.24) is 4.31 Å².